The fourth-order valence-electron chi connectivity index (χ4n) is 9.52. The fourth-order valence-corrected chi connectivity index (χ4v) is 9.52. The van der Waals surface area contributed by atoms with Gasteiger partial charge in [0.15, 0.2) is 17.3 Å². The van der Waals surface area contributed by atoms with E-state index in [2.05, 4.69) is 21.4 Å². The Kier molecular flexibility index (Phi) is 12.1. The van der Waals surface area contributed by atoms with Crippen molar-refractivity contribution in [3.05, 3.63) is 101 Å². The van der Waals surface area contributed by atoms with Crippen molar-refractivity contribution >= 4 is 46.2 Å². The van der Waals surface area contributed by atoms with Gasteiger partial charge in [-0.05, 0) is 79.1 Å². The van der Waals surface area contributed by atoms with Gasteiger partial charge in [-0.15, -0.1) is 0 Å². The third-order valence-corrected chi connectivity index (χ3v) is 12.8. The highest BCUT2D eigenvalue weighted by atomic mass is 19.3. The number of anilines is 2. The molecule has 0 radical (unpaired) electrons. The number of ether oxygens (including phenoxy) is 3. The lowest BCUT2D eigenvalue weighted by atomic mass is 9.97. The van der Waals surface area contributed by atoms with E-state index in [0.717, 1.165) is 27.1 Å². The van der Waals surface area contributed by atoms with Gasteiger partial charge in [0.25, 0.3) is 17.7 Å². The van der Waals surface area contributed by atoms with Gasteiger partial charge in [0.05, 0.1) is 61.5 Å². The van der Waals surface area contributed by atoms with E-state index in [0.29, 0.717) is 86.7 Å². The molecule has 4 aliphatic rings. The molecule has 18 heteroatoms. The van der Waals surface area contributed by atoms with Crippen molar-refractivity contribution in [1.29, 1.82) is 5.26 Å². The summed E-state index contributed by atoms with van der Waals surface area (Å²) >= 11 is 0. The fraction of sp³-hybridized carbons (Fsp3) is 0.375. The minimum atomic E-state index is -2.94. The average Bonchev–Trinajstić information content (AvgIpc) is 3.76. The third kappa shape index (κ3) is 8.47. The number of halogens is 2. The zero-order chi connectivity index (χ0) is 46.3. The number of carbonyl (C=O) groups is 4. The van der Waals surface area contributed by atoms with Crippen molar-refractivity contribution in [2.24, 2.45) is 7.05 Å². The first-order chi connectivity index (χ1) is 31.8. The highest BCUT2D eigenvalue weighted by Gasteiger charge is 2.48. The predicted octanol–water partition coefficient (Wildman–Crippen LogP) is 6.50. The second-order valence-corrected chi connectivity index (χ2v) is 16.9. The van der Waals surface area contributed by atoms with Gasteiger partial charge >= 0.3 is 6.03 Å². The number of aryl methyl sites for hydroxylation is 1. The molecular weight excluding hydrogens is 853 g/mol. The van der Waals surface area contributed by atoms with Gasteiger partial charge in [-0.1, -0.05) is 18.2 Å². The number of likely N-dealkylation sites (tertiary alicyclic amines) is 1. The third-order valence-electron chi connectivity index (χ3n) is 12.8. The van der Waals surface area contributed by atoms with E-state index < -0.39 is 35.9 Å². The maximum atomic E-state index is 16.0. The number of amides is 5. The molecule has 9 rings (SSSR count). The molecule has 16 nitrogen and oxygen atoms in total. The van der Waals surface area contributed by atoms with Gasteiger partial charge in [0, 0.05) is 76.4 Å². The van der Waals surface area contributed by atoms with Gasteiger partial charge in [-0.25, -0.2) is 13.6 Å². The first kappa shape index (κ1) is 44.1. The molecule has 342 valence electrons. The Hall–Kier alpha value is -7.10. The molecule has 66 heavy (non-hydrogen) atoms. The highest BCUT2D eigenvalue weighted by Crippen LogP contribution is 2.40. The molecule has 5 aromatic rings. The van der Waals surface area contributed by atoms with E-state index >= 15 is 8.78 Å². The van der Waals surface area contributed by atoms with Crippen molar-refractivity contribution in [3.63, 3.8) is 0 Å². The second kappa shape index (κ2) is 18.1. The number of rotatable bonds is 13. The van der Waals surface area contributed by atoms with E-state index in [4.69, 9.17) is 14.2 Å². The lowest BCUT2D eigenvalue weighted by Crippen LogP contribution is -2.61. The number of nitriles is 1. The summed E-state index contributed by atoms with van der Waals surface area (Å²) in [7, 11) is 3.28. The number of carbonyl (C=O) groups excluding carboxylic acids is 4. The van der Waals surface area contributed by atoms with Crippen LogP contribution in [0, 0.1) is 11.3 Å². The Morgan fingerprint density at radius 3 is 2.35 bits per heavy atom. The van der Waals surface area contributed by atoms with Crippen LogP contribution in [0.4, 0.5) is 25.1 Å². The average molecular weight is 902 g/mol. The van der Waals surface area contributed by atoms with Gasteiger partial charge < -0.3 is 19.1 Å². The van der Waals surface area contributed by atoms with Crippen LogP contribution in [0.3, 0.4) is 0 Å². The van der Waals surface area contributed by atoms with Crippen LogP contribution in [0.25, 0.3) is 10.9 Å². The van der Waals surface area contributed by atoms with Crippen LogP contribution < -0.4 is 29.3 Å². The number of alkyl halides is 2. The Morgan fingerprint density at radius 2 is 1.64 bits per heavy atom. The minimum Gasteiger partial charge on any atom is -0.493 e. The van der Waals surface area contributed by atoms with Crippen LogP contribution in [-0.4, -0.2) is 120 Å². The van der Waals surface area contributed by atoms with Gasteiger partial charge in [-0.3, -0.25) is 44.0 Å². The summed E-state index contributed by atoms with van der Waals surface area (Å²) in [6.45, 7) is 4.70. The van der Waals surface area contributed by atoms with Crippen LogP contribution >= 0.6 is 0 Å². The number of imide groups is 2. The number of hydrogen-bond donors (Lipinski definition) is 1. The highest BCUT2D eigenvalue weighted by molar-refractivity contribution is 6.22. The number of benzene rings is 4. The van der Waals surface area contributed by atoms with Crippen molar-refractivity contribution < 1.29 is 42.2 Å². The number of piperazine rings is 1. The number of piperidine rings is 1. The van der Waals surface area contributed by atoms with Crippen molar-refractivity contribution in [1.82, 2.24) is 29.8 Å². The first-order valence-corrected chi connectivity index (χ1v) is 22.0. The molecule has 0 bridgehead atoms. The van der Waals surface area contributed by atoms with E-state index in [1.54, 1.807) is 59.1 Å². The van der Waals surface area contributed by atoms with E-state index in [1.165, 1.54) is 12.0 Å². The Bertz CT molecular complexity index is 2750. The molecule has 0 unspecified atom stereocenters. The van der Waals surface area contributed by atoms with Gasteiger partial charge in [0.1, 0.15) is 11.5 Å². The molecule has 1 aromatic heterocycles. The smallest absolute Gasteiger partial charge is 0.329 e. The lowest BCUT2D eigenvalue weighted by molar-refractivity contribution is -0.129. The molecule has 4 aromatic carbocycles. The summed E-state index contributed by atoms with van der Waals surface area (Å²) in [6.07, 6.45) is 0.383. The van der Waals surface area contributed by atoms with Crippen LogP contribution in [0.15, 0.2) is 78.9 Å². The number of methoxy groups -OCH3 is 1. The zero-order valence-electron chi connectivity index (χ0n) is 36.8. The summed E-state index contributed by atoms with van der Waals surface area (Å²) < 4.78 is 50.8. The molecule has 5 heterocycles. The SMILES string of the molecule is CCOc1cc([C@@H](CC#N)N2C(=O)c3ccc(N4CCN([C@@H]5CCN(Cc6ccc(Oc7ccc8c(N9CCC(=O)NC9=O)nn(C)c8c7)cc6)CC5(F)F)CC4)cc3C2=O)ccc1OC. The van der Waals surface area contributed by atoms with Crippen LogP contribution in [0.2, 0.25) is 0 Å². The second-order valence-electron chi connectivity index (χ2n) is 16.9. The Labute approximate surface area is 379 Å². The lowest BCUT2D eigenvalue weighted by Gasteiger charge is -2.46. The van der Waals surface area contributed by atoms with Crippen LogP contribution in [0.5, 0.6) is 23.0 Å². The summed E-state index contributed by atoms with van der Waals surface area (Å²) in [6, 6.07) is 22.9. The molecule has 3 saturated heterocycles. The van der Waals surface area contributed by atoms with Crippen molar-refractivity contribution in [2.75, 3.05) is 69.3 Å². The largest absolute Gasteiger partial charge is 0.493 e. The zero-order valence-corrected chi connectivity index (χ0v) is 36.8. The molecule has 5 amide bonds. The molecule has 0 saturated carbocycles. The maximum absolute atomic E-state index is 16.0. The van der Waals surface area contributed by atoms with Gasteiger partial charge in [0.2, 0.25) is 5.91 Å². The number of hydrogen-bond acceptors (Lipinski definition) is 12. The van der Waals surface area contributed by atoms with E-state index in [9.17, 15) is 24.4 Å². The number of nitrogens with zero attached hydrogens (tertiary/aromatic N) is 8. The normalized spacial score (nSPS) is 19.5. The molecule has 0 spiro atoms. The molecule has 4 aliphatic heterocycles. The van der Waals surface area contributed by atoms with Crippen LogP contribution in [-0.2, 0) is 18.4 Å². The van der Waals surface area contributed by atoms with Gasteiger partial charge in [-0.2, -0.15) is 10.4 Å². The topological polar surface area (TPSA) is 166 Å². The van der Waals surface area contributed by atoms with Crippen molar-refractivity contribution in [2.45, 2.75) is 50.7 Å². The quantitative estimate of drug-likeness (QED) is 0.128. The maximum Gasteiger partial charge on any atom is 0.329 e. The van der Waals surface area contributed by atoms with E-state index in [1.807, 2.05) is 48.2 Å². The molecular formula is C48H49F2N9O7. The molecule has 3 fully saturated rings. The Morgan fingerprint density at radius 1 is 0.879 bits per heavy atom. The molecule has 2 atom stereocenters. The summed E-state index contributed by atoms with van der Waals surface area (Å²) in [4.78, 5) is 60.0. The van der Waals surface area contributed by atoms with Crippen LogP contribution in [0.1, 0.15) is 64.1 Å². The van der Waals surface area contributed by atoms with E-state index in [-0.39, 0.29) is 43.0 Å². The first-order valence-electron chi connectivity index (χ1n) is 22.0. The predicted molar refractivity (Wildman–Crippen MR) is 239 cm³/mol. The number of urea groups is 1. The minimum absolute atomic E-state index is 0.115. The number of nitrogens with one attached hydrogen (secondary N) is 1. The number of aromatic nitrogens is 2. The monoisotopic (exact) mass is 901 g/mol. The summed E-state index contributed by atoms with van der Waals surface area (Å²) in [5, 5.41) is 17.3. The molecule has 0 aliphatic carbocycles. The molecule has 1 N–H and O–H groups in total. The summed E-state index contributed by atoms with van der Waals surface area (Å²) in [5.41, 5.74) is 3.41. The standard InChI is InChI=1S/C48H49F2N9O7/c1-4-65-41-25-31(7-14-40(41)64-3)38(15-18-51)59-45(61)35-12-8-32(26-37(35)46(59)62)56-21-23-57(24-22-56)42-16-19-55(29-48(42,49)50)28-30-5-9-33(10-6-30)66-34-11-13-36-39(27-34)54(2)53-44(36)58-20-17-43(60)52-47(58)63/h5-14,25-27,38,42H,4,15-17,19-24,28-29H2,1-3H3,(H,52,60,63)/t38-,42-/m1/s1. The van der Waals surface area contributed by atoms with Crippen molar-refractivity contribution in [3.8, 4) is 29.1 Å². The summed E-state index contributed by atoms with van der Waals surface area (Å²) in [5.74, 6) is -1.72. The number of fused-ring (bicyclic) bond motifs is 2. The Balaban J connectivity index is 0.786.